The smallest absolute Gasteiger partial charge is 0.270 e. The first-order chi connectivity index (χ1) is 12.5. The van der Waals surface area contributed by atoms with Crippen molar-refractivity contribution in [3.8, 4) is 0 Å². The highest BCUT2D eigenvalue weighted by Crippen LogP contribution is 2.27. The van der Waals surface area contributed by atoms with Crippen molar-refractivity contribution in [1.29, 1.82) is 0 Å². The van der Waals surface area contributed by atoms with Gasteiger partial charge in [0.05, 0.1) is 21.6 Å². The summed E-state index contributed by atoms with van der Waals surface area (Å²) in [5, 5.41) is 14.1. The van der Waals surface area contributed by atoms with Gasteiger partial charge in [-0.1, -0.05) is 36.7 Å². The summed E-state index contributed by atoms with van der Waals surface area (Å²) in [7, 11) is 0. The summed E-state index contributed by atoms with van der Waals surface area (Å²) in [6.45, 7) is 2.00. The Morgan fingerprint density at radius 1 is 1.19 bits per heavy atom. The minimum atomic E-state index is -0.534. The number of benzene rings is 2. The van der Waals surface area contributed by atoms with Crippen LogP contribution in [0, 0.1) is 10.1 Å². The first-order valence-corrected chi connectivity index (χ1v) is 9.24. The SMILES string of the molecule is CC[C@H](NC(=O)c1cc([N+](=O)[O-])ccc1Cl)c1ccc2c(c1)CCCC2. The summed E-state index contributed by atoms with van der Waals surface area (Å²) in [4.78, 5) is 23.1. The Hall–Kier alpha value is -2.40. The monoisotopic (exact) mass is 372 g/mol. The fourth-order valence-corrected chi connectivity index (χ4v) is 3.63. The van der Waals surface area contributed by atoms with Crippen LogP contribution in [-0.2, 0) is 12.8 Å². The number of rotatable bonds is 5. The van der Waals surface area contributed by atoms with E-state index in [0.717, 1.165) is 24.8 Å². The normalized spacial score (nSPS) is 14.4. The number of nitrogens with zero attached hydrogens (tertiary/aromatic N) is 1. The molecule has 1 aliphatic carbocycles. The van der Waals surface area contributed by atoms with Gasteiger partial charge in [-0.15, -0.1) is 0 Å². The number of nitro benzene ring substituents is 1. The number of nitro groups is 1. The number of carbonyl (C=O) groups excluding carboxylic acids is 1. The van der Waals surface area contributed by atoms with Gasteiger partial charge in [-0.05, 0) is 54.9 Å². The van der Waals surface area contributed by atoms with Crippen molar-refractivity contribution < 1.29 is 9.72 Å². The minimum absolute atomic E-state index is 0.122. The molecule has 1 aliphatic rings. The Bertz CT molecular complexity index is 851. The van der Waals surface area contributed by atoms with E-state index in [0.29, 0.717) is 0 Å². The molecule has 0 saturated heterocycles. The van der Waals surface area contributed by atoms with E-state index in [2.05, 4.69) is 23.5 Å². The van der Waals surface area contributed by atoms with Crippen LogP contribution in [0.4, 0.5) is 5.69 Å². The van der Waals surface area contributed by atoms with Crippen molar-refractivity contribution in [2.45, 2.75) is 45.1 Å². The highest BCUT2D eigenvalue weighted by atomic mass is 35.5. The Labute approximate surface area is 157 Å². The van der Waals surface area contributed by atoms with Gasteiger partial charge in [-0.2, -0.15) is 0 Å². The molecular formula is C20H21ClN2O3. The maximum Gasteiger partial charge on any atom is 0.270 e. The summed E-state index contributed by atoms with van der Waals surface area (Å²) in [5.41, 5.74) is 3.78. The quantitative estimate of drug-likeness (QED) is 0.592. The van der Waals surface area contributed by atoms with Crippen LogP contribution in [0.15, 0.2) is 36.4 Å². The highest BCUT2D eigenvalue weighted by molar-refractivity contribution is 6.33. The molecule has 0 aromatic heterocycles. The van der Waals surface area contributed by atoms with Gasteiger partial charge >= 0.3 is 0 Å². The molecule has 0 aliphatic heterocycles. The van der Waals surface area contributed by atoms with Crippen molar-refractivity contribution in [2.75, 3.05) is 0 Å². The van der Waals surface area contributed by atoms with Gasteiger partial charge in [0.1, 0.15) is 0 Å². The topological polar surface area (TPSA) is 72.2 Å². The van der Waals surface area contributed by atoms with E-state index in [1.807, 2.05) is 6.92 Å². The Balaban J connectivity index is 1.83. The van der Waals surface area contributed by atoms with E-state index in [9.17, 15) is 14.9 Å². The predicted octanol–water partition coefficient (Wildman–Crippen LogP) is 5.01. The van der Waals surface area contributed by atoms with E-state index in [1.54, 1.807) is 0 Å². The average molecular weight is 373 g/mol. The number of aryl methyl sites for hydroxylation is 2. The largest absolute Gasteiger partial charge is 0.345 e. The van der Waals surface area contributed by atoms with Gasteiger partial charge in [0.2, 0.25) is 0 Å². The van der Waals surface area contributed by atoms with E-state index in [4.69, 9.17) is 11.6 Å². The van der Waals surface area contributed by atoms with Crippen molar-refractivity contribution in [3.05, 3.63) is 73.8 Å². The van der Waals surface area contributed by atoms with Crippen LogP contribution >= 0.6 is 11.6 Å². The Morgan fingerprint density at radius 2 is 1.92 bits per heavy atom. The number of hydrogen-bond acceptors (Lipinski definition) is 3. The highest BCUT2D eigenvalue weighted by Gasteiger charge is 2.20. The second-order valence-electron chi connectivity index (χ2n) is 6.59. The fraction of sp³-hybridized carbons (Fsp3) is 0.350. The molecule has 0 unspecified atom stereocenters. The molecule has 136 valence electrons. The Kier molecular flexibility index (Phi) is 5.57. The molecule has 0 bridgehead atoms. The molecule has 5 nitrogen and oxygen atoms in total. The molecule has 0 fully saturated rings. The van der Waals surface area contributed by atoms with Crippen LogP contribution in [0.3, 0.4) is 0 Å². The maximum absolute atomic E-state index is 12.7. The minimum Gasteiger partial charge on any atom is -0.345 e. The molecule has 0 spiro atoms. The number of amides is 1. The third-order valence-corrected chi connectivity index (χ3v) is 5.22. The van der Waals surface area contributed by atoms with E-state index >= 15 is 0 Å². The molecule has 2 aromatic carbocycles. The number of halogens is 1. The van der Waals surface area contributed by atoms with Crippen molar-refractivity contribution in [1.82, 2.24) is 5.32 Å². The lowest BCUT2D eigenvalue weighted by Crippen LogP contribution is -2.28. The molecule has 0 heterocycles. The molecule has 1 amide bonds. The molecule has 6 heteroatoms. The summed E-state index contributed by atoms with van der Waals surface area (Å²) in [6, 6.07) is 10.1. The van der Waals surface area contributed by atoms with Gasteiger partial charge in [0.15, 0.2) is 0 Å². The Morgan fingerprint density at radius 3 is 2.62 bits per heavy atom. The zero-order valence-corrected chi connectivity index (χ0v) is 15.4. The third-order valence-electron chi connectivity index (χ3n) is 4.89. The van der Waals surface area contributed by atoms with Crippen LogP contribution in [-0.4, -0.2) is 10.8 Å². The molecule has 26 heavy (non-hydrogen) atoms. The van der Waals surface area contributed by atoms with Crippen LogP contribution in [0.5, 0.6) is 0 Å². The second kappa shape index (κ2) is 7.87. The number of carbonyl (C=O) groups is 1. The summed E-state index contributed by atoms with van der Waals surface area (Å²) in [6.07, 6.45) is 5.33. The molecule has 1 atom stereocenters. The lowest BCUT2D eigenvalue weighted by molar-refractivity contribution is -0.384. The second-order valence-corrected chi connectivity index (χ2v) is 7.00. The molecule has 2 aromatic rings. The number of non-ortho nitro benzene ring substituents is 1. The molecule has 0 saturated carbocycles. The first-order valence-electron chi connectivity index (χ1n) is 8.86. The van der Waals surface area contributed by atoms with E-state index in [-0.39, 0.29) is 22.3 Å². The number of hydrogen-bond donors (Lipinski definition) is 1. The third kappa shape index (κ3) is 3.88. The number of nitrogens with one attached hydrogen (secondary N) is 1. The van der Waals surface area contributed by atoms with E-state index < -0.39 is 10.8 Å². The summed E-state index contributed by atoms with van der Waals surface area (Å²) in [5.74, 6) is -0.400. The summed E-state index contributed by atoms with van der Waals surface area (Å²) < 4.78 is 0. The van der Waals surface area contributed by atoms with Gasteiger partial charge in [0.25, 0.3) is 11.6 Å². The first kappa shape index (κ1) is 18.4. The average Bonchev–Trinajstić information content (AvgIpc) is 2.65. The maximum atomic E-state index is 12.7. The van der Waals surface area contributed by atoms with Crippen LogP contribution in [0.25, 0.3) is 0 Å². The standard InChI is InChI=1S/C20H21ClN2O3/c1-2-19(15-8-7-13-5-3-4-6-14(13)11-15)22-20(24)17-12-16(23(25)26)9-10-18(17)21/h7-12,19H,2-6H2,1H3,(H,22,24)/t19-/m0/s1. The molecular weight excluding hydrogens is 352 g/mol. The number of fused-ring (bicyclic) bond motifs is 1. The van der Waals surface area contributed by atoms with Crippen LogP contribution < -0.4 is 5.32 Å². The van der Waals surface area contributed by atoms with Crippen molar-refractivity contribution in [3.63, 3.8) is 0 Å². The van der Waals surface area contributed by atoms with E-state index in [1.165, 1.54) is 42.2 Å². The lowest BCUT2D eigenvalue weighted by atomic mass is 9.88. The molecule has 3 rings (SSSR count). The van der Waals surface area contributed by atoms with Gasteiger partial charge < -0.3 is 5.32 Å². The zero-order chi connectivity index (χ0) is 18.7. The van der Waals surface area contributed by atoms with Crippen LogP contribution in [0.2, 0.25) is 5.02 Å². The fourth-order valence-electron chi connectivity index (χ4n) is 3.43. The van der Waals surface area contributed by atoms with Gasteiger partial charge in [-0.3, -0.25) is 14.9 Å². The zero-order valence-electron chi connectivity index (χ0n) is 14.6. The molecule has 0 radical (unpaired) electrons. The lowest BCUT2D eigenvalue weighted by Gasteiger charge is -2.22. The van der Waals surface area contributed by atoms with Gasteiger partial charge in [0, 0.05) is 12.1 Å². The van der Waals surface area contributed by atoms with Crippen LogP contribution in [0.1, 0.15) is 59.3 Å². The van der Waals surface area contributed by atoms with Crippen molar-refractivity contribution in [2.24, 2.45) is 0 Å². The predicted molar refractivity (Wildman–Crippen MR) is 102 cm³/mol. The summed E-state index contributed by atoms with van der Waals surface area (Å²) >= 11 is 6.08. The van der Waals surface area contributed by atoms with Gasteiger partial charge in [-0.25, -0.2) is 0 Å². The van der Waals surface area contributed by atoms with Crippen molar-refractivity contribution >= 4 is 23.2 Å². The molecule has 1 N–H and O–H groups in total.